The van der Waals surface area contributed by atoms with Crippen molar-refractivity contribution < 1.29 is 9.26 Å². The van der Waals surface area contributed by atoms with Gasteiger partial charge in [0.1, 0.15) is 6.10 Å². The Balaban J connectivity index is 2.29. The first-order valence-corrected chi connectivity index (χ1v) is 7.19. The lowest BCUT2D eigenvalue weighted by atomic mass is 9.87. The molecule has 21 heavy (non-hydrogen) atoms. The van der Waals surface area contributed by atoms with E-state index in [1.54, 1.807) is 0 Å². The van der Waals surface area contributed by atoms with E-state index in [0.29, 0.717) is 18.3 Å². The summed E-state index contributed by atoms with van der Waals surface area (Å²) in [6.45, 7) is 8.63. The number of ether oxygens (including phenoxy) is 1. The van der Waals surface area contributed by atoms with Gasteiger partial charge in [0.2, 0.25) is 11.7 Å². The van der Waals surface area contributed by atoms with Crippen LogP contribution in [0.15, 0.2) is 34.9 Å². The first-order chi connectivity index (χ1) is 9.93. The average Bonchev–Trinajstić information content (AvgIpc) is 2.93. The normalized spacial score (nSPS) is 14.9. The molecule has 114 valence electrons. The Hall–Kier alpha value is -1.72. The van der Waals surface area contributed by atoms with E-state index in [4.69, 9.17) is 15.0 Å². The molecule has 0 radical (unpaired) electrons. The number of nitrogens with zero attached hydrogens (tertiary/aromatic N) is 2. The van der Waals surface area contributed by atoms with E-state index in [1.807, 2.05) is 58.0 Å². The maximum atomic E-state index is 6.16. The summed E-state index contributed by atoms with van der Waals surface area (Å²) in [6.07, 6.45) is -0.333. The van der Waals surface area contributed by atoms with Crippen LogP contribution in [0.3, 0.4) is 0 Å². The van der Waals surface area contributed by atoms with Gasteiger partial charge < -0.3 is 15.0 Å². The summed E-state index contributed by atoms with van der Waals surface area (Å²) in [5.41, 5.74) is 7.02. The standard InChI is InChI=1S/C16H23N3O2/c1-5-20-12(11-9-7-6-8-10-11)14-18-15(21-19-14)13(17)16(2,3)4/h6-10,12-13H,5,17H2,1-4H3/t12?,13-/m1/s1. The lowest BCUT2D eigenvalue weighted by Gasteiger charge is -2.23. The molecule has 0 saturated heterocycles. The van der Waals surface area contributed by atoms with Gasteiger partial charge in [-0.05, 0) is 17.9 Å². The van der Waals surface area contributed by atoms with Crippen molar-refractivity contribution in [3.63, 3.8) is 0 Å². The summed E-state index contributed by atoms with van der Waals surface area (Å²) in [5, 5.41) is 4.05. The molecule has 2 atom stereocenters. The van der Waals surface area contributed by atoms with Gasteiger partial charge in [0.05, 0.1) is 6.04 Å². The van der Waals surface area contributed by atoms with Gasteiger partial charge in [-0.1, -0.05) is 56.3 Å². The predicted octanol–water partition coefficient (Wildman–Crippen LogP) is 3.24. The second kappa shape index (κ2) is 6.37. The summed E-state index contributed by atoms with van der Waals surface area (Å²) < 4.78 is 11.1. The first kappa shape index (κ1) is 15.7. The molecule has 2 rings (SSSR count). The van der Waals surface area contributed by atoms with Gasteiger partial charge in [0.15, 0.2) is 0 Å². The van der Waals surface area contributed by atoms with Crippen LogP contribution in [0.1, 0.15) is 57.1 Å². The van der Waals surface area contributed by atoms with Crippen molar-refractivity contribution >= 4 is 0 Å². The summed E-state index contributed by atoms with van der Waals surface area (Å²) in [6, 6.07) is 9.55. The van der Waals surface area contributed by atoms with Crippen LogP contribution in [0.4, 0.5) is 0 Å². The van der Waals surface area contributed by atoms with Crippen molar-refractivity contribution in [3.8, 4) is 0 Å². The molecule has 0 spiro atoms. The zero-order chi connectivity index (χ0) is 15.5. The number of hydrogen-bond acceptors (Lipinski definition) is 5. The van der Waals surface area contributed by atoms with Gasteiger partial charge in [-0.2, -0.15) is 4.98 Å². The second-order valence-corrected chi connectivity index (χ2v) is 6.08. The summed E-state index contributed by atoms with van der Waals surface area (Å²) in [5.74, 6) is 0.955. The monoisotopic (exact) mass is 289 g/mol. The zero-order valence-corrected chi connectivity index (χ0v) is 13.0. The fourth-order valence-electron chi connectivity index (χ4n) is 1.96. The zero-order valence-electron chi connectivity index (χ0n) is 13.0. The minimum atomic E-state index is -0.333. The van der Waals surface area contributed by atoms with E-state index < -0.39 is 0 Å². The van der Waals surface area contributed by atoms with Crippen LogP contribution in [0, 0.1) is 5.41 Å². The van der Waals surface area contributed by atoms with Crippen molar-refractivity contribution in [1.29, 1.82) is 0 Å². The van der Waals surface area contributed by atoms with E-state index in [9.17, 15) is 0 Å². The van der Waals surface area contributed by atoms with Crippen LogP contribution in [0.5, 0.6) is 0 Å². The molecule has 1 aromatic heterocycles. The summed E-state index contributed by atoms with van der Waals surface area (Å²) in [7, 11) is 0. The maximum Gasteiger partial charge on any atom is 0.244 e. The van der Waals surface area contributed by atoms with Crippen molar-refractivity contribution in [3.05, 3.63) is 47.6 Å². The first-order valence-electron chi connectivity index (χ1n) is 7.19. The Morgan fingerprint density at radius 2 is 1.90 bits per heavy atom. The predicted molar refractivity (Wildman–Crippen MR) is 80.6 cm³/mol. The van der Waals surface area contributed by atoms with Crippen LogP contribution in [0.25, 0.3) is 0 Å². The van der Waals surface area contributed by atoms with E-state index in [1.165, 1.54) is 0 Å². The van der Waals surface area contributed by atoms with Gasteiger partial charge in [0.25, 0.3) is 0 Å². The van der Waals surface area contributed by atoms with Crippen LogP contribution in [-0.4, -0.2) is 16.7 Å². The van der Waals surface area contributed by atoms with Crippen LogP contribution in [0.2, 0.25) is 0 Å². The third-order valence-corrected chi connectivity index (χ3v) is 3.33. The highest BCUT2D eigenvalue weighted by Crippen LogP contribution is 2.31. The van der Waals surface area contributed by atoms with E-state index >= 15 is 0 Å². The van der Waals surface area contributed by atoms with Gasteiger partial charge in [0, 0.05) is 6.61 Å². The molecule has 0 aliphatic carbocycles. The highest BCUT2D eigenvalue weighted by molar-refractivity contribution is 5.22. The molecule has 1 unspecified atom stereocenters. The van der Waals surface area contributed by atoms with Crippen LogP contribution >= 0.6 is 0 Å². The lowest BCUT2D eigenvalue weighted by molar-refractivity contribution is 0.0833. The Labute approximate surface area is 125 Å². The van der Waals surface area contributed by atoms with Crippen molar-refractivity contribution in [2.24, 2.45) is 11.1 Å². The SMILES string of the molecule is CCOC(c1ccccc1)c1noc([C@@H](N)C(C)(C)C)n1. The molecule has 0 aliphatic heterocycles. The largest absolute Gasteiger partial charge is 0.366 e. The molecule has 1 aromatic carbocycles. The minimum absolute atomic E-state index is 0.141. The summed E-state index contributed by atoms with van der Waals surface area (Å²) >= 11 is 0. The Bertz CT molecular complexity index is 560. The smallest absolute Gasteiger partial charge is 0.244 e. The molecule has 2 N–H and O–H groups in total. The number of nitrogens with two attached hydrogens (primary N) is 1. The fourth-order valence-corrected chi connectivity index (χ4v) is 1.96. The quantitative estimate of drug-likeness (QED) is 0.914. The number of aromatic nitrogens is 2. The van der Waals surface area contributed by atoms with Gasteiger partial charge >= 0.3 is 0 Å². The topological polar surface area (TPSA) is 74.2 Å². The van der Waals surface area contributed by atoms with Gasteiger partial charge in [-0.3, -0.25) is 0 Å². The second-order valence-electron chi connectivity index (χ2n) is 6.08. The number of hydrogen-bond donors (Lipinski definition) is 1. The van der Waals surface area contributed by atoms with Gasteiger partial charge in [-0.25, -0.2) is 0 Å². The Morgan fingerprint density at radius 1 is 1.24 bits per heavy atom. The van der Waals surface area contributed by atoms with Gasteiger partial charge in [-0.15, -0.1) is 0 Å². The molecule has 0 amide bonds. The van der Waals surface area contributed by atoms with E-state index in [-0.39, 0.29) is 17.6 Å². The lowest BCUT2D eigenvalue weighted by Crippen LogP contribution is -2.26. The molecule has 5 heteroatoms. The molecule has 0 saturated carbocycles. The van der Waals surface area contributed by atoms with Crippen LogP contribution in [-0.2, 0) is 4.74 Å². The van der Waals surface area contributed by atoms with Crippen molar-refractivity contribution in [2.75, 3.05) is 6.61 Å². The number of benzene rings is 1. The third kappa shape index (κ3) is 3.68. The molecule has 0 aliphatic rings. The van der Waals surface area contributed by atoms with Crippen molar-refractivity contribution in [2.45, 2.75) is 39.8 Å². The Morgan fingerprint density at radius 3 is 2.48 bits per heavy atom. The van der Waals surface area contributed by atoms with E-state index in [0.717, 1.165) is 5.56 Å². The fraction of sp³-hybridized carbons (Fsp3) is 0.500. The highest BCUT2D eigenvalue weighted by atomic mass is 16.5. The molecular formula is C16H23N3O2. The summed E-state index contributed by atoms with van der Waals surface area (Å²) in [4.78, 5) is 4.44. The van der Waals surface area contributed by atoms with E-state index in [2.05, 4.69) is 10.1 Å². The molecular weight excluding hydrogens is 266 g/mol. The maximum absolute atomic E-state index is 6.16. The average molecular weight is 289 g/mol. The molecule has 1 heterocycles. The van der Waals surface area contributed by atoms with Crippen LogP contribution < -0.4 is 5.73 Å². The number of rotatable bonds is 5. The Kier molecular flexibility index (Phi) is 4.75. The molecule has 0 bridgehead atoms. The third-order valence-electron chi connectivity index (χ3n) is 3.33. The molecule has 5 nitrogen and oxygen atoms in total. The highest BCUT2D eigenvalue weighted by Gasteiger charge is 2.29. The van der Waals surface area contributed by atoms with Crippen molar-refractivity contribution in [1.82, 2.24) is 10.1 Å². The molecule has 0 fully saturated rings. The molecule has 2 aromatic rings. The minimum Gasteiger partial charge on any atom is -0.366 e.